The summed E-state index contributed by atoms with van der Waals surface area (Å²) in [6.07, 6.45) is 1.83. The molecule has 2 aromatic carbocycles. The minimum atomic E-state index is -0.329. The Bertz CT molecular complexity index is 542. The molecule has 0 atom stereocenters. The molecule has 0 aliphatic heterocycles. The van der Waals surface area contributed by atoms with Crippen LogP contribution in [-0.2, 0) is 9.53 Å². The van der Waals surface area contributed by atoms with Gasteiger partial charge in [-0.25, -0.2) is 4.79 Å². The molecule has 0 bridgehead atoms. The predicted octanol–water partition coefficient (Wildman–Crippen LogP) is 3.40. The summed E-state index contributed by atoms with van der Waals surface area (Å²) in [5.74, 6) is -0.329. The fourth-order valence-electron chi connectivity index (χ4n) is 1.70. The molecule has 0 unspecified atom stereocenters. The van der Waals surface area contributed by atoms with Gasteiger partial charge in [-0.2, -0.15) is 0 Å². The summed E-state index contributed by atoms with van der Waals surface area (Å²) in [4.78, 5) is 11.8. The molecule has 0 fully saturated rings. The number of benzene rings is 2. The molecule has 90 valence electrons. The molecule has 2 rings (SSSR count). The standard InChI is InChI=1S/C16H14O2/c1-18-16(17)15(14-10-6-3-7-11-14)12-13-8-4-2-5-9-13/h2-12H,1H3. The number of hydrogen-bond donors (Lipinski definition) is 0. The zero-order valence-corrected chi connectivity index (χ0v) is 10.2. The van der Waals surface area contributed by atoms with Crippen molar-refractivity contribution in [2.75, 3.05) is 7.11 Å². The zero-order valence-electron chi connectivity index (χ0n) is 10.2. The summed E-state index contributed by atoms with van der Waals surface area (Å²) in [6.45, 7) is 0. The maximum atomic E-state index is 11.8. The van der Waals surface area contributed by atoms with Gasteiger partial charge < -0.3 is 4.74 Å². The molecule has 0 spiro atoms. The van der Waals surface area contributed by atoms with Crippen molar-refractivity contribution in [3.05, 3.63) is 71.8 Å². The third-order valence-corrected chi connectivity index (χ3v) is 2.60. The number of methoxy groups -OCH3 is 1. The summed E-state index contributed by atoms with van der Waals surface area (Å²) in [7, 11) is 1.39. The fraction of sp³-hybridized carbons (Fsp3) is 0.0625. The van der Waals surface area contributed by atoms with Crippen LogP contribution in [0.5, 0.6) is 0 Å². The Labute approximate surface area is 107 Å². The van der Waals surface area contributed by atoms with Gasteiger partial charge in [0.15, 0.2) is 0 Å². The lowest BCUT2D eigenvalue weighted by Gasteiger charge is -2.05. The molecule has 0 saturated heterocycles. The maximum absolute atomic E-state index is 11.8. The average Bonchev–Trinajstić information content (AvgIpc) is 2.46. The van der Waals surface area contributed by atoms with E-state index < -0.39 is 0 Å². The van der Waals surface area contributed by atoms with Crippen molar-refractivity contribution in [1.82, 2.24) is 0 Å². The van der Waals surface area contributed by atoms with Gasteiger partial charge >= 0.3 is 5.97 Å². The van der Waals surface area contributed by atoms with Crippen LogP contribution in [0, 0.1) is 0 Å². The van der Waals surface area contributed by atoms with Crippen LogP contribution in [-0.4, -0.2) is 13.1 Å². The van der Waals surface area contributed by atoms with Crippen molar-refractivity contribution in [3.63, 3.8) is 0 Å². The Hall–Kier alpha value is -2.35. The second kappa shape index (κ2) is 5.82. The van der Waals surface area contributed by atoms with Crippen molar-refractivity contribution in [2.24, 2.45) is 0 Å². The van der Waals surface area contributed by atoms with Crippen LogP contribution in [0.4, 0.5) is 0 Å². The van der Waals surface area contributed by atoms with Gasteiger partial charge in [-0.1, -0.05) is 60.7 Å². The first-order valence-corrected chi connectivity index (χ1v) is 5.72. The topological polar surface area (TPSA) is 26.3 Å². The highest BCUT2D eigenvalue weighted by Gasteiger charge is 2.11. The van der Waals surface area contributed by atoms with Crippen molar-refractivity contribution < 1.29 is 9.53 Å². The summed E-state index contributed by atoms with van der Waals surface area (Å²) >= 11 is 0. The largest absolute Gasteiger partial charge is 0.465 e. The molecule has 0 radical (unpaired) electrons. The molecule has 0 heterocycles. The van der Waals surface area contributed by atoms with Gasteiger partial charge in [0.25, 0.3) is 0 Å². The second-order valence-corrected chi connectivity index (χ2v) is 3.83. The molecule has 0 aromatic heterocycles. The van der Waals surface area contributed by atoms with E-state index >= 15 is 0 Å². The fourth-order valence-corrected chi connectivity index (χ4v) is 1.70. The third-order valence-electron chi connectivity index (χ3n) is 2.60. The van der Waals surface area contributed by atoms with E-state index in [1.165, 1.54) is 7.11 Å². The minimum absolute atomic E-state index is 0.329. The van der Waals surface area contributed by atoms with Crippen LogP contribution in [0.2, 0.25) is 0 Å². The third kappa shape index (κ3) is 2.86. The number of carbonyl (C=O) groups excluding carboxylic acids is 1. The smallest absolute Gasteiger partial charge is 0.338 e. The number of esters is 1. The Kier molecular flexibility index (Phi) is 3.92. The lowest BCUT2D eigenvalue weighted by Crippen LogP contribution is -2.03. The molecule has 0 amide bonds. The number of carbonyl (C=O) groups is 1. The molecule has 0 N–H and O–H groups in total. The first-order valence-electron chi connectivity index (χ1n) is 5.72. The Morgan fingerprint density at radius 2 is 1.50 bits per heavy atom. The zero-order chi connectivity index (χ0) is 12.8. The van der Waals surface area contributed by atoms with Gasteiger partial charge in [-0.3, -0.25) is 0 Å². The van der Waals surface area contributed by atoms with E-state index in [0.717, 1.165) is 11.1 Å². The van der Waals surface area contributed by atoms with E-state index in [9.17, 15) is 4.79 Å². The van der Waals surface area contributed by atoms with Gasteiger partial charge in [0.05, 0.1) is 12.7 Å². The number of rotatable bonds is 3. The van der Waals surface area contributed by atoms with Crippen LogP contribution in [0.3, 0.4) is 0 Å². The molecule has 18 heavy (non-hydrogen) atoms. The predicted molar refractivity (Wildman–Crippen MR) is 72.8 cm³/mol. The van der Waals surface area contributed by atoms with E-state index in [-0.39, 0.29) is 5.97 Å². The van der Waals surface area contributed by atoms with Gasteiger partial charge in [0, 0.05) is 0 Å². The highest BCUT2D eigenvalue weighted by atomic mass is 16.5. The van der Waals surface area contributed by atoms with Crippen molar-refractivity contribution in [3.8, 4) is 0 Å². The van der Waals surface area contributed by atoms with Gasteiger partial charge in [0.2, 0.25) is 0 Å². The molecular formula is C16H14O2. The van der Waals surface area contributed by atoms with Crippen LogP contribution in [0.25, 0.3) is 11.6 Å². The molecule has 0 saturated carbocycles. The second-order valence-electron chi connectivity index (χ2n) is 3.83. The van der Waals surface area contributed by atoms with E-state index in [4.69, 9.17) is 4.74 Å². The SMILES string of the molecule is COC(=O)C(=Cc1ccccc1)c1ccccc1. The lowest BCUT2D eigenvalue weighted by atomic mass is 10.0. The lowest BCUT2D eigenvalue weighted by molar-refractivity contribution is -0.133. The van der Waals surface area contributed by atoms with Gasteiger partial charge in [0.1, 0.15) is 0 Å². The normalized spacial score (nSPS) is 11.1. The van der Waals surface area contributed by atoms with E-state index in [0.29, 0.717) is 5.57 Å². The molecule has 2 aromatic rings. The monoisotopic (exact) mass is 238 g/mol. The van der Waals surface area contributed by atoms with Crippen LogP contribution >= 0.6 is 0 Å². The maximum Gasteiger partial charge on any atom is 0.338 e. The van der Waals surface area contributed by atoms with Crippen LogP contribution in [0.15, 0.2) is 60.7 Å². The van der Waals surface area contributed by atoms with Crippen molar-refractivity contribution in [2.45, 2.75) is 0 Å². The molecule has 2 nitrogen and oxygen atoms in total. The molecule has 0 aliphatic carbocycles. The van der Waals surface area contributed by atoms with E-state index in [1.54, 1.807) is 0 Å². The summed E-state index contributed by atoms with van der Waals surface area (Å²) < 4.78 is 4.83. The highest BCUT2D eigenvalue weighted by Crippen LogP contribution is 2.19. The van der Waals surface area contributed by atoms with Gasteiger partial charge in [-0.15, -0.1) is 0 Å². The summed E-state index contributed by atoms with van der Waals surface area (Å²) in [5.41, 5.74) is 2.39. The molecule has 0 aliphatic rings. The number of ether oxygens (including phenoxy) is 1. The minimum Gasteiger partial charge on any atom is -0.465 e. The van der Waals surface area contributed by atoms with Crippen molar-refractivity contribution in [1.29, 1.82) is 0 Å². The quantitative estimate of drug-likeness (QED) is 0.465. The highest BCUT2D eigenvalue weighted by molar-refractivity contribution is 6.21. The van der Waals surface area contributed by atoms with Gasteiger partial charge in [-0.05, 0) is 17.2 Å². The first kappa shape index (κ1) is 12.1. The van der Waals surface area contributed by atoms with Crippen LogP contribution in [0.1, 0.15) is 11.1 Å². The summed E-state index contributed by atoms with van der Waals surface area (Å²) in [6, 6.07) is 19.2. The molecule has 2 heteroatoms. The Balaban J connectivity index is 2.44. The Morgan fingerprint density at radius 1 is 0.944 bits per heavy atom. The van der Waals surface area contributed by atoms with Crippen molar-refractivity contribution >= 4 is 17.6 Å². The average molecular weight is 238 g/mol. The van der Waals surface area contributed by atoms with E-state index in [1.807, 2.05) is 66.7 Å². The Morgan fingerprint density at radius 3 is 2.06 bits per heavy atom. The van der Waals surface area contributed by atoms with Crippen LogP contribution < -0.4 is 0 Å². The number of hydrogen-bond acceptors (Lipinski definition) is 2. The summed E-state index contributed by atoms with van der Waals surface area (Å²) in [5, 5.41) is 0. The molecular weight excluding hydrogens is 224 g/mol. The first-order chi connectivity index (χ1) is 8.81. The van der Waals surface area contributed by atoms with E-state index in [2.05, 4.69) is 0 Å².